The number of hydrogen-bond acceptors (Lipinski definition) is 4. The van der Waals surface area contributed by atoms with E-state index < -0.39 is 0 Å². The minimum Gasteiger partial charge on any atom is -0.374 e. The lowest BCUT2D eigenvalue weighted by molar-refractivity contribution is -0.111. The Morgan fingerprint density at radius 3 is 2.25 bits per heavy atom. The predicted molar refractivity (Wildman–Crippen MR) is 81.3 cm³/mol. The molecule has 1 heterocycles. The van der Waals surface area contributed by atoms with Crippen LogP contribution in [0.2, 0.25) is 0 Å². The van der Waals surface area contributed by atoms with Crippen LogP contribution in [0.15, 0.2) is 0 Å². The molecule has 0 radical (unpaired) electrons. The summed E-state index contributed by atoms with van der Waals surface area (Å²) < 4.78 is 12.5. The van der Waals surface area contributed by atoms with Crippen molar-refractivity contribution in [1.82, 2.24) is 5.43 Å². The van der Waals surface area contributed by atoms with Gasteiger partial charge in [-0.05, 0) is 53.9 Å². The van der Waals surface area contributed by atoms with Gasteiger partial charge < -0.3 is 9.47 Å². The summed E-state index contributed by atoms with van der Waals surface area (Å²) in [4.78, 5) is 0. The lowest BCUT2D eigenvalue weighted by Gasteiger charge is -2.43. The molecule has 1 aliphatic heterocycles. The van der Waals surface area contributed by atoms with E-state index in [1.807, 2.05) is 0 Å². The summed E-state index contributed by atoms with van der Waals surface area (Å²) in [6, 6.07) is 0.154. The van der Waals surface area contributed by atoms with Crippen LogP contribution in [-0.2, 0) is 9.47 Å². The third kappa shape index (κ3) is 2.89. The zero-order valence-electron chi connectivity index (χ0n) is 13.8. The minimum atomic E-state index is -0.173. The monoisotopic (exact) mass is 284 g/mol. The summed E-state index contributed by atoms with van der Waals surface area (Å²) in [6.45, 7) is 11.5. The molecule has 4 nitrogen and oxygen atoms in total. The van der Waals surface area contributed by atoms with Crippen molar-refractivity contribution in [3.8, 4) is 0 Å². The van der Waals surface area contributed by atoms with Gasteiger partial charge in [-0.2, -0.15) is 0 Å². The van der Waals surface area contributed by atoms with Gasteiger partial charge in [0.25, 0.3) is 0 Å². The molecule has 20 heavy (non-hydrogen) atoms. The third-order valence-corrected chi connectivity index (χ3v) is 5.17. The number of ether oxygens (including phenoxy) is 2. The third-order valence-electron chi connectivity index (χ3n) is 5.17. The first-order valence-electron chi connectivity index (χ1n) is 8.07. The highest BCUT2D eigenvalue weighted by molar-refractivity contribution is 5.07. The van der Waals surface area contributed by atoms with Crippen LogP contribution in [0.3, 0.4) is 0 Å². The molecular formula is C16H32N2O2. The number of nitrogens with one attached hydrogen (secondary N) is 1. The van der Waals surface area contributed by atoms with Gasteiger partial charge in [-0.3, -0.25) is 11.3 Å². The Kier molecular flexibility index (Phi) is 4.51. The van der Waals surface area contributed by atoms with E-state index in [0.717, 1.165) is 25.9 Å². The highest BCUT2D eigenvalue weighted by Crippen LogP contribution is 2.49. The Morgan fingerprint density at radius 1 is 1.25 bits per heavy atom. The quantitative estimate of drug-likeness (QED) is 0.602. The van der Waals surface area contributed by atoms with Gasteiger partial charge in [0.1, 0.15) is 0 Å². The Labute approximate surface area is 123 Å². The van der Waals surface area contributed by atoms with E-state index in [2.05, 4.69) is 40.0 Å². The summed E-state index contributed by atoms with van der Waals surface area (Å²) in [5.41, 5.74) is 2.72. The van der Waals surface area contributed by atoms with Gasteiger partial charge in [0.15, 0.2) is 0 Å². The fraction of sp³-hybridized carbons (Fsp3) is 1.00. The molecule has 0 aromatic heterocycles. The van der Waals surface area contributed by atoms with Crippen molar-refractivity contribution in [2.24, 2.45) is 11.8 Å². The molecule has 118 valence electrons. The van der Waals surface area contributed by atoms with Crippen LogP contribution in [0, 0.1) is 5.92 Å². The van der Waals surface area contributed by atoms with Gasteiger partial charge in [-0.25, -0.2) is 0 Å². The predicted octanol–water partition coefficient (Wildman–Crippen LogP) is 2.76. The van der Waals surface area contributed by atoms with E-state index in [-0.39, 0.29) is 22.8 Å². The molecule has 0 bridgehead atoms. The molecule has 0 spiro atoms. The summed E-state index contributed by atoms with van der Waals surface area (Å²) in [7, 11) is 0. The average Bonchev–Trinajstić information content (AvgIpc) is 2.84. The second-order valence-electron chi connectivity index (χ2n) is 7.63. The summed E-state index contributed by atoms with van der Waals surface area (Å²) in [6.07, 6.45) is 5.68. The molecule has 0 aromatic rings. The maximum absolute atomic E-state index is 6.26. The van der Waals surface area contributed by atoms with E-state index in [0.29, 0.717) is 5.92 Å². The van der Waals surface area contributed by atoms with E-state index in [4.69, 9.17) is 15.3 Å². The van der Waals surface area contributed by atoms with Gasteiger partial charge in [0, 0.05) is 12.5 Å². The molecule has 1 aliphatic carbocycles. The van der Waals surface area contributed by atoms with Crippen LogP contribution >= 0.6 is 0 Å². The molecular weight excluding hydrogens is 252 g/mol. The summed E-state index contributed by atoms with van der Waals surface area (Å²) in [5, 5.41) is 0. The van der Waals surface area contributed by atoms with E-state index in [9.17, 15) is 0 Å². The standard InChI is InChI=1S/C16H32N2O2/c1-6-19-16(9-7-8-10-16)13(18-17)12-11-14(2,3)20-15(12,4)5/h12-13,18H,6-11,17H2,1-5H3. The van der Waals surface area contributed by atoms with Gasteiger partial charge in [0.2, 0.25) is 0 Å². The molecule has 2 rings (SSSR count). The van der Waals surface area contributed by atoms with Crippen LogP contribution in [0.5, 0.6) is 0 Å². The first kappa shape index (κ1) is 16.2. The molecule has 2 fully saturated rings. The Balaban J connectivity index is 2.27. The van der Waals surface area contributed by atoms with Crippen molar-refractivity contribution in [1.29, 1.82) is 0 Å². The second-order valence-corrected chi connectivity index (χ2v) is 7.63. The van der Waals surface area contributed by atoms with Gasteiger partial charge in [-0.15, -0.1) is 0 Å². The normalized spacial score (nSPS) is 32.4. The Morgan fingerprint density at radius 2 is 1.85 bits per heavy atom. The fourth-order valence-electron chi connectivity index (χ4n) is 4.56. The van der Waals surface area contributed by atoms with Crippen molar-refractivity contribution in [2.75, 3.05) is 6.61 Å². The Bertz CT molecular complexity index is 335. The van der Waals surface area contributed by atoms with Gasteiger partial charge in [-0.1, -0.05) is 12.8 Å². The zero-order chi connectivity index (χ0) is 15.0. The highest BCUT2D eigenvalue weighted by Gasteiger charge is 2.55. The topological polar surface area (TPSA) is 56.5 Å². The molecule has 2 aliphatic rings. The Hall–Kier alpha value is -0.160. The molecule has 0 aromatic carbocycles. The SMILES string of the molecule is CCOC1(C(NN)C2CC(C)(C)OC2(C)C)CCCC1. The van der Waals surface area contributed by atoms with Crippen molar-refractivity contribution in [3.05, 3.63) is 0 Å². The van der Waals surface area contributed by atoms with Crippen LogP contribution in [0.25, 0.3) is 0 Å². The summed E-state index contributed by atoms with van der Waals surface area (Å²) in [5.74, 6) is 6.34. The molecule has 1 saturated carbocycles. The molecule has 1 saturated heterocycles. The average molecular weight is 284 g/mol. The number of hydrazine groups is 1. The second kappa shape index (κ2) is 5.56. The van der Waals surface area contributed by atoms with Crippen LogP contribution in [0.4, 0.5) is 0 Å². The van der Waals surface area contributed by atoms with Crippen molar-refractivity contribution in [3.63, 3.8) is 0 Å². The van der Waals surface area contributed by atoms with Gasteiger partial charge in [0.05, 0.1) is 22.8 Å². The zero-order valence-corrected chi connectivity index (χ0v) is 13.8. The first-order chi connectivity index (χ1) is 9.26. The van der Waals surface area contributed by atoms with E-state index in [1.54, 1.807) is 0 Å². The van der Waals surface area contributed by atoms with Crippen molar-refractivity contribution < 1.29 is 9.47 Å². The fourth-order valence-corrected chi connectivity index (χ4v) is 4.56. The lowest BCUT2D eigenvalue weighted by atomic mass is 9.74. The maximum Gasteiger partial charge on any atom is 0.0851 e. The largest absolute Gasteiger partial charge is 0.374 e. The number of hydrogen-bond donors (Lipinski definition) is 2. The molecule has 3 N–H and O–H groups in total. The molecule has 2 atom stereocenters. The van der Waals surface area contributed by atoms with Crippen LogP contribution in [-0.4, -0.2) is 29.5 Å². The van der Waals surface area contributed by atoms with Crippen molar-refractivity contribution >= 4 is 0 Å². The smallest absolute Gasteiger partial charge is 0.0851 e. The lowest BCUT2D eigenvalue weighted by Crippen LogP contribution is -2.60. The maximum atomic E-state index is 6.26. The van der Waals surface area contributed by atoms with Crippen molar-refractivity contribution in [2.45, 2.75) is 89.6 Å². The molecule has 2 unspecified atom stereocenters. The highest BCUT2D eigenvalue weighted by atomic mass is 16.5. The van der Waals surface area contributed by atoms with Crippen LogP contribution < -0.4 is 11.3 Å². The number of nitrogens with two attached hydrogens (primary N) is 1. The van der Waals surface area contributed by atoms with E-state index >= 15 is 0 Å². The first-order valence-corrected chi connectivity index (χ1v) is 8.07. The molecule has 4 heteroatoms. The van der Waals surface area contributed by atoms with Gasteiger partial charge >= 0.3 is 0 Å². The minimum absolute atomic E-state index is 0.0880. The van der Waals surface area contributed by atoms with Crippen LogP contribution in [0.1, 0.15) is 66.7 Å². The van der Waals surface area contributed by atoms with E-state index in [1.165, 1.54) is 12.8 Å². The summed E-state index contributed by atoms with van der Waals surface area (Å²) >= 11 is 0. The molecule has 0 amide bonds. The number of rotatable bonds is 5.